The van der Waals surface area contributed by atoms with E-state index >= 15 is 0 Å². The van der Waals surface area contributed by atoms with Crippen molar-refractivity contribution in [3.8, 4) is 0 Å². The minimum atomic E-state index is -0.461. The number of carbonyl (C=O) groups excluding carboxylic acids is 1. The predicted molar refractivity (Wildman–Crippen MR) is 42.2 cm³/mol. The lowest BCUT2D eigenvalue weighted by atomic mass is 10.5. The molecule has 1 aromatic rings. The topological polar surface area (TPSA) is 34.9 Å². The van der Waals surface area contributed by atoms with Crippen LogP contribution in [0.4, 0.5) is 0 Å². The molecule has 58 valence electrons. The molecule has 0 bridgehead atoms. The van der Waals surface area contributed by atoms with Crippen molar-refractivity contribution in [3.05, 3.63) is 30.6 Å². The Morgan fingerprint density at radius 2 is 2.55 bits per heavy atom. The van der Waals surface area contributed by atoms with Gasteiger partial charge in [-0.1, -0.05) is 6.08 Å². The van der Waals surface area contributed by atoms with E-state index in [4.69, 9.17) is 11.6 Å². The molecule has 1 heterocycles. The van der Waals surface area contributed by atoms with Crippen LogP contribution < -0.4 is 0 Å². The van der Waals surface area contributed by atoms with E-state index < -0.39 is 5.24 Å². The summed E-state index contributed by atoms with van der Waals surface area (Å²) < 4.78 is 1.69. The van der Waals surface area contributed by atoms with E-state index in [1.54, 1.807) is 17.0 Å². The Labute approximate surface area is 69.3 Å². The van der Waals surface area contributed by atoms with Crippen LogP contribution in [0.3, 0.4) is 0 Å². The van der Waals surface area contributed by atoms with Gasteiger partial charge in [-0.25, -0.2) is 0 Å². The summed E-state index contributed by atoms with van der Waals surface area (Å²) in [6.07, 6.45) is 6.45. The third kappa shape index (κ3) is 3.00. The van der Waals surface area contributed by atoms with E-state index in [2.05, 4.69) is 5.10 Å². The van der Waals surface area contributed by atoms with Crippen molar-refractivity contribution < 1.29 is 4.79 Å². The summed E-state index contributed by atoms with van der Waals surface area (Å²) in [6, 6.07) is 1.82. The fourth-order valence-corrected chi connectivity index (χ4v) is 0.751. The molecule has 0 aliphatic rings. The summed E-state index contributed by atoms with van der Waals surface area (Å²) in [5.74, 6) is 0. The van der Waals surface area contributed by atoms with Crippen LogP contribution in [0.25, 0.3) is 0 Å². The Bertz CT molecular complexity index is 253. The molecule has 0 fully saturated rings. The average molecular weight is 171 g/mol. The SMILES string of the molecule is O=C(Cl)C=CCn1cccn1. The monoisotopic (exact) mass is 170 g/mol. The van der Waals surface area contributed by atoms with Gasteiger partial charge in [0.2, 0.25) is 5.24 Å². The highest BCUT2D eigenvalue weighted by atomic mass is 35.5. The maximum atomic E-state index is 10.2. The van der Waals surface area contributed by atoms with Crippen molar-refractivity contribution in [1.82, 2.24) is 9.78 Å². The highest BCUT2D eigenvalue weighted by Gasteiger charge is 1.86. The number of nitrogens with zero attached hydrogens (tertiary/aromatic N) is 2. The van der Waals surface area contributed by atoms with Crippen molar-refractivity contribution in [2.45, 2.75) is 6.54 Å². The number of aromatic nitrogens is 2. The van der Waals surface area contributed by atoms with Gasteiger partial charge in [-0.05, 0) is 23.7 Å². The number of hydrogen-bond donors (Lipinski definition) is 0. The quantitative estimate of drug-likeness (QED) is 0.505. The number of carbonyl (C=O) groups is 1. The third-order valence-corrected chi connectivity index (χ3v) is 1.23. The van der Waals surface area contributed by atoms with Crippen LogP contribution in [0.1, 0.15) is 0 Å². The first kappa shape index (κ1) is 8.01. The number of hydrogen-bond acceptors (Lipinski definition) is 2. The van der Waals surface area contributed by atoms with Crippen LogP contribution >= 0.6 is 11.6 Å². The highest BCUT2D eigenvalue weighted by molar-refractivity contribution is 6.66. The van der Waals surface area contributed by atoms with Gasteiger partial charge in [-0.2, -0.15) is 5.10 Å². The fourth-order valence-electron chi connectivity index (χ4n) is 0.662. The molecular weight excluding hydrogens is 164 g/mol. The Morgan fingerprint density at radius 1 is 1.73 bits per heavy atom. The molecule has 3 nitrogen and oxygen atoms in total. The van der Waals surface area contributed by atoms with Crippen molar-refractivity contribution in [1.29, 1.82) is 0 Å². The van der Waals surface area contributed by atoms with Crippen molar-refractivity contribution in [3.63, 3.8) is 0 Å². The van der Waals surface area contributed by atoms with Crippen LogP contribution in [0, 0.1) is 0 Å². The molecule has 0 aliphatic carbocycles. The van der Waals surface area contributed by atoms with Crippen molar-refractivity contribution in [2.24, 2.45) is 0 Å². The summed E-state index contributed by atoms with van der Waals surface area (Å²) in [5, 5.41) is 3.46. The maximum Gasteiger partial charge on any atom is 0.244 e. The Balaban J connectivity index is 2.40. The van der Waals surface area contributed by atoms with Gasteiger partial charge in [0.1, 0.15) is 0 Å². The zero-order valence-corrected chi connectivity index (χ0v) is 6.53. The summed E-state index contributed by atoms with van der Waals surface area (Å²) >= 11 is 5.06. The van der Waals surface area contributed by atoms with Gasteiger partial charge in [0.15, 0.2) is 0 Å². The van der Waals surface area contributed by atoms with Crippen LogP contribution in [0.5, 0.6) is 0 Å². The Morgan fingerprint density at radius 3 is 3.09 bits per heavy atom. The second-order valence-electron chi connectivity index (χ2n) is 1.93. The summed E-state index contributed by atoms with van der Waals surface area (Å²) in [5.41, 5.74) is 0. The van der Waals surface area contributed by atoms with E-state index in [9.17, 15) is 4.79 Å². The van der Waals surface area contributed by atoms with E-state index in [1.807, 2.05) is 12.3 Å². The van der Waals surface area contributed by atoms with E-state index in [1.165, 1.54) is 6.08 Å². The second kappa shape index (κ2) is 3.93. The van der Waals surface area contributed by atoms with Crippen LogP contribution in [-0.4, -0.2) is 15.0 Å². The van der Waals surface area contributed by atoms with E-state index in [0.717, 1.165) is 0 Å². The van der Waals surface area contributed by atoms with Gasteiger partial charge in [-0.3, -0.25) is 9.48 Å². The van der Waals surface area contributed by atoms with Crippen molar-refractivity contribution in [2.75, 3.05) is 0 Å². The van der Waals surface area contributed by atoms with Gasteiger partial charge in [0, 0.05) is 12.4 Å². The van der Waals surface area contributed by atoms with Crippen LogP contribution in [0.2, 0.25) is 0 Å². The number of halogens is 1. The standard InChI is InChI=1S/C7H7ClN2O/c8-7(11)3-1-5-10-6-2-4-9-10/h1-4,6H,5H2. The molecule has 1 aromatic heterocycles. The first-order chi connectivity index (χ1) is 5.29. The molecule has 0 saturated carbocycles. The largest absolute Gasteiger partial charge is 0.276 e. The summed E-state index contributed by atoms with van der Waals surface area (Å²) in [7, 11) is 0. The minimum absolute atomic E-state index is 0.461. The first-order valence-corrected chi connectivity index (χ1v) is 3.50. The van der Waals surface area contributed by atoms with Gasteiger partial charge < -0.3 is 0 Å². The van der Waals surface area contributed by atoms with Gasteiger partial charge in [-0.15, -0.1) is 0 Å². The van der Waals surface area contributed by atoms with E-state index in [-0.39, 0.29) is 0 Å². The maximum absolute atomic E-state index is 10.2. The third-order valence-electron chi connectivity index (χ3n) is 1.10. The first-order valence-electron chi connectivity index (χ1n) is 3.12. The Hall–Kier alpha value is -1.09. The van der Waals surface area contributed by atoms with E-state index in [0.29, 0.717) is 6.54 Å². The fraction of sp³-hybridized carbons (Fsp3) is 0.143. The van der Waals surface area contributed by atoms with Gasteiger partial charge in [0.25, 0.3) is 0 Å². The lowest BCUT2D eigenvalue weighted by Gasteiger charge is -1.91. The lowest BCUT2D eigenvalue weighted by Crippen LogP contribution is -1.94. The molecule has 0 saturated heterocycles. The molecule has 0 aromatic carbocycles. The number of rotatable bonds is 3. The molecule has 11 heavy (non-hydrogen) atoms. The molecule has 1 rings (SSSR count). The summed E-state index contributed by atoms with van der Waals surface area (Å²) in [4.78, 5) is 10.2. The highest BCUT2D eigenvalue weighted by Crippen LogP contribution is 1.87. The molecule has 0 radical (unpaired) electrons. The summed E-state index contributed by atoms with van der Waals surface area (Å²) in [6.45, 7) is 0.575. The van der Waals surface area contributed by atoms with Crippen LogP contribution in [0.15, 0.2) is 30.6 Å². The molecule has 0 N–H and O–H groups in total. The normalized spacial score (nSPS) is 10.6. The predicted octanol–water partition coefficient (Wildman–Crippen LogP) is 1.20. The Kier molecular flexibility index (Phi) is 2.86. The molecule has 0 amide bonds. The molecule has 0 aliphatic heterocycles. The smallest absolute Gasteiger partial charge is 0.244 e. The van der Waals surface area contributed by atoms with Crippen molar-refractivity contribution >= 4 is 16.8 Å². The van der Waals surface area contributed by atoms with Crippen LogP contribution in [-0.2, 0) is 11.3 Å². The zero-order valence-electron chi connectivity index (χ0n) is 5.77. The molecule has 0 unspecified atom stereocenters. The lowest BCUT2D eigenvalue weighted by molar-refractivity contribution is -0.107. The molecule has 0 atom stereocenters. The number of allylic oxidation sites excluding steroid dienone is 2. The molecular formula is C7H7ClN2O. The van der Waals surface area contributed by atoms with Gasteiger partial charge >= 0.3 is 0 Å². The zero-order chi connectivity index (χ0) is 8.10. The molecule has 4 heteroatoms. The molecule has 0 spiro atoms. The average Bonchev–Trinajstić information content (AvgIpc) is 2.39. The second-order valence-corrected chi connectivity index (χ2v) is 2.31. The van der Waals surface area contributed by atoms with Gasteiger partial charge in [0.05, 0.1) is 6.54 Å². The minimum Gasteiger partial charge on any atom is -0.276 e.